The Labute approximate surface area is 80.7 Å². The maximum atomic E-state index is 8.67. The summed E-state index contributed by atoms with van der Waals surface area (Å²) in [7, 11) is 2.13. The Kier molecular flexibility index (Phi) is 5.35. The van der Waals surface area contributed by atoms with E-state index in [1.807, 2.05) is 0 Å². The molecule has 3 nitrogen and oxygen atoms in total. The van der Waals surface area contributed by atoms with Gasteiger partial charge in [-0.3, -0.25) is 0 Å². The molecule has 0 aliphatic carbocycles. The Balaban J connectivity index is 2.07. The zero-order valence-electron chi connectivity index (χ0n) is 8.54. The highest BCUT2D eigenvalue weighted by Gasteiger charge is 2.15. The van der Waals surface area contributed by atoms with Gasteiger partial charge in [0.15, 0.2) is 0 Å². The molecule has 13 heavy (non-hydrogen) atoms. The van der Waals surface area contributed by atoms with Gasteiger partial charge in [-0.15, -0.1) is 0 Å². The molecule has 0 bridgehead atoms. The Bertz CT molecular complexity index is 124. The molecule has 0 saturated carbocycles. The average molecular weight is 187 g/mol. The lowest BCUT2D eigenvalue weighted by atomic mass is 10.00. The molecule has 0 aromatic carbocycles. The predicted molar refractivity (Wildman–Crippen MR) is 52.7 cm³/mol. The Morgan fingerprint density at radius 3 is 2.69 bits per heavy atom. The number of ether oxygens (including phenoxy) is 1. The van der Waals surface area contributed by atoms with Crippen molar-refractivity contribution >= 4 is 0 Å². The van der Waals surface area contributed by atoms with Gasteiger partial charge >= 0.3 is 0 Å². The molecule has 0 atom stereocenters. The van der Waals surface area contributed by atoms with Crippen LogP contribution in [0.15, 0.2) is 0 Å². The minimum atomic E-state index is 0.304. The van der Waals surface area contributed by atoms with Crippen molar-refractivity contribution in [3.63, 3.8) is 0 Å². The third kappa shape index (κ3) is 4.60. The van der Waals surface area contributed by atoms with Crippen LogP contribution in [0.25, 0.3) is 0 Å². The maximum absolute atomic E-state index is 8.67. The van der Waals surface area contributed by atoms with E-state index in [0.717, 1.165) is 38.6 Å². The normalized spacial score (nSPS) is 19.6. The van der Waals surface area contributed by atoms with Gasteiger partial charge in [0.05, 0.1) is 0 Å². The molecule has 78 valence electrons. The second-order valence-electron chi connectivity index (χ2n) is 3.90. The van der Waals surface area contributed by atoms with E-state index in [0.29, 0.717) is 6.61 Å². The monoisotopic (exact) mass is 187 g/mol. The second kappa shape index (κ2) is 6.35. The van der Waals surface area contributed by atoms with Crippen LogP contribution >= 0.6 is 0 Å². The highest BCUT2D eigenvalue weighted by Crippen LogP contribution is 2.15. The maximum Gasteiger partial charge on any atom is 0.0469 e. The van der Waals surface area contributed by atoms with E-state index in [4.69, 9.17) is 9.84 Å². The summed E-state index contributed by atoms with van der Waals surface area (Å²) in [6.07, 6.45) is 3.28. The molecular formula is C10H21NO2. The smallest absolute Gasteiger partial charge is 0.0469 e. The zero-order valence-corrected chi connectivity index (χ0v) is 8.54. The standard InChI is InChI=1S/C10H21NO2/c1-11(5-2-6-12)9-10-3-7-13-8-4-10/h10,12H,2-9H2,1H3. The van der Waals surface area contributed by atoms with Crippen LogP contribution in [-0.4, -0.2) is 50.0 Å². The number of hydrogen-bond donors (Lipinski definition) is 1. The van der Waals surface area contributed by atoms with Crippen LogP contribution in [0.3, 0.4) is 0 Å². The molecule has 1 aliphatic heterocycles. The molecule has 1 aliphatic rings. The Morgan fingerprint density at radius 1 is 1.38 bits per heavy atom. The van der Waals surface area contributed by atoms with Crippen LogP contribution in [0.5, 0.6) is 0 Å². The highest BCUT2D eigenvalue weighted by atomic mass is 16.5. The first-order chi connectivity index (χ1) is 6.33. The van der Waals surface area contributed by atoms with Crippen LogP contribution < -0.4 is 0 Å². The van der Waals surface area contributed by atoms with Gasteiger partial charge in [0, 0.05) is 32.9 Å². The van der Waals surface area contributed by atoms with E-state index >= 15 is 0 Å². The van der Waals surface area contributed by atoms with E-state index in [1.165, 1.54) is 12.8 Å². The third-order valence-electron chi connectivity index (χ3n) is 2.61. The third-order valence-corrected chi connectivity index (χ3v) is 2.61. The number of aliphatic hydroxyl groups excluding tert-OH is 1. The molecular weight excluding hydrogens is 166 g/mol. The molecule has 0 unspecified atom stereocenters. The van der Waals surface area contributed by atoms with Crippen LogP contribution in [-0.2, 0) is 4.74 Å². The summed E-state index contributed by atoms with van der Waals surface area (Å²) >= 11 is 0. The Morgan fingerprint density at radius 2 is 2.08 bits per heavy atom. The van der Waals surface area contributed by atoms with Crippen molar-refractivity contribution in [3.05, 3.63) is 0 Å². The van der Waals surface area contributed by atoms with E-state index < -0.39 is 0 Å². The van der Waals surface area contributed by atoms with Crippen molar-refractivity contribution in [1.29, 1.82) is 0 Å². The molecule has 0 spiro atoms. The average Bonchev–Trinajstić information content (AvgIpc) is 2.16. The molecule has 0 aromatic rings. The lowest BCUT2D eigenvalue weighted by molar-refractivity contribution is 0.0551. The SMILES string of the molecule is CN(CCCO)CC1CCOCC1. The first-order valence-electron chi connectivity index (χ1n) is 5.20. The fraction of sp³-hybridized carbons (Fsp3) is 1.00. The first kappa shape index (κ1) is 11.0. The molecule has 1 saturated heterocycles. The second-order valence-corrected chi connectivity index (χ2v) is 3.90. The Hall–Kier alpha value is -0.120. The zero-order chi connectivity index (χ0) is 9.52. The molecule has 1 fully saturated rings. The molecule has 1 N–H and O–H groups in total. The molecule has 3 heteroatoms. The van der Waals surface area contributed by atoms with Gasteiger partial charge in [0.25, 0.3) is 0 Å². The first-order valence-corrected chi connectivity index (χ1v) is 5.20. The van der Waals surface area contributed by atoms with Crippen molar-refractivity contribution in [1.82, 2.24) is 4.90 Å². The number of aliphatic hydroxyl groups is 1. The number of hydrogen-bond acceptors (Lipinski definition) is 3. The molecule has 0 amide bonds. The lowest BCUT2D eigenvalue weighted by Crippen LogP contribution is -2.30. The quantitative estimate of drug-likeness (QED) is 0.688. The fourth-order valence-electron chi connectivity index (χ4n) is 1.80. The minimum absolute atomic E-state index is 0.304. The van der Waals surface area contributed by atoms with Gasteiger partial charge in [-0.25, -0.2) is 0 Å². The number of nitrogens with zero attached hydrogens (tertiary/aromatic N) is 1. The van der Waals surface area contributed by atoms with Gasteiger partial charge < -0.3 is 14.7 Å². The van der Waals surface area contributed by atoms with E-state index in [9.17, 15) is 0 Å². The highest BCUT2D eigenvalue weighted by molar-refractivity contribution is 4.66. The van der Waals surface area contributed by atoms with E-state index in [-0.39, 0.29) is 0 Å². The number of rotatable bonds is 5. The van der Waals surface area contributed by atoms with Crippen molar-refractivity contribution < 1.29 is 9.84 Å². The largest absolute Gasteiger partial charge is 0.396 e. The van der Waals surface area contributed by atoms with Gasteiger partial charge in [-0.05, 0) is 32.2 Å². The summed E-state index contributed by atoms with van der Waals surface area (Å²) in [4.78, 5) is 2.31. The van der Waals surface area contributed by atoms with Crippen molar-refractivity contribution in [2.45, 2.75) is 19.3 Å². The summed E-state index contributed by atoms with van der Waals surface area (Å²) in [5.74, 6) is 0.803. The van der Waals surface area contributed by atoms with Gasteiger partial charge in [0.2, 0.25) is 0 Å². The van der Waals surface area contributed by atoms with Crippen LogP contribution in [0.4, 0.5) is 0 Å². The van der Waals surface area contributed by atoms with E-state index in [1.54, 1.807) is 0 Å². The van der Waals surface area contributed by atoms with Gasteiger partial charge in [-0.1, -0.05) is 0 Å². The summed E-state index contributed by atoms with van der Waals surface area (Å²) in [6, 6.07) is 0. The lowest BCUT2D eigenvalue weighted by Gasteiger charge is -2.26. The summed E-state index contributed by atoms with van der Waals surface area (Å²) < 4.78 is 5.30. The van der Waals surface area contributed by atoms with Crippen molar-refractivity contribution in [2.24, 2.45) is 5.92 Å². The fourth-order valence-corrected chi connectivity index (χ4v) is 1.80. The van der Waals surface area contributed by atoms with Crippen LogP contribution in [0.2, 0.25) is 0 Å². The van der Waals surface area contributed by atoms with Crippen molar-refractivity contribution in [3.8, 4) is 0 Å². The summed E-state index contributed by atoms with van der Waals surface area (Å²) in [5, 5.41) is 8.67. The van der Waals surface area contributed by atoms with Crippen LogP contribution in [0, 0.1) is 5.92 Å². The molecule has 1 heterocycles. The van der Waals surface area contributed by atoms with Crippen molar-refractivity contribution in [2.75, 3.05) is 40.0 Å². The van der Waals surface area contributed by atoms with Crippen LogP contribution in [0.1, 0.15) is 19.3 Å². The molecule has 0 aromatic heterocycles. The minimum Gasteiger partial charge on any atom is -0.396 e. The summed E-state index contributed by atoms with van der Waals surface area (Å²) in [6.45, 7) is 4.33. The van der Waals surface area contributed by atoms with Gasteiger partial charge in [0.1, 0.15) is 0 Å². The summed E-state index contributed by atoms with van der Waals surface area (Å²) in [5.41, 5.74) is 0. The van der Waals surface area contributed by atoms with E-state index in [2.05, 4.69) is 11.9 Å². The molecule has 0 radical (unpaired) electrons. The topological polar surface area (TPSA) is 32.7 Å². The van der Waals surface area contributed by atoms with Gasteiger partial charge in [-0.2, -0.15) is 0 Å². The molecule has 1 rings (SSSR count). The predicted octanol–water partition coefficient (Wildman–Crippen LogP) is 0.727.